The Bertz CT molecular complexity index is 720. The van der Waals surface area contributed by atoms with Crippen LogP contribution in [-0.4, -0.2) is 42.5 Å². The number of rotatable bonds is 4. The molecule has 2 aromatic rings. The van der Waals surface area contributed by atoms with E-state index >= 15 is 0 Å². The first-order valence-corrected chi connectivity index (χ1v) is 11.4. The normalized spacial score (nSPS) is 32.0. The van der Waals surface area contributed by atoms with Gasteiger partial charge >= 0.3 is 0 Å². The minimum atomic E-state index is -0.422. The third-order valence-electron chi connectivity index (χ3n) is 5.83. The first-order chi connectivity index (χ1) is 11.7. The summed E-state index contributed by atoms with van der Waals surface area (Å²) in [6.07, 6.45) is 3.82. The fourth-order valence-electron chi connectivity index (χ4n) is 4.55. The van der Waals surface area contributed by atoms with E-state index in [4.69, 9.17) is 0 Å². The van der Waals surface area contributed by atoms with Crippen LogP contribution >= 0.6 is 45.2 Å². The summed E-state index contributed by atoms with van der Waals surface area (Å²) in [5.41, 5.74) is 2.01. The van der Waals surface area contributed by atoms with E-state index in [1.807, 2.05) is 30.5 Å². The summed E-state index contributed by atoms with van der Waals surface area (Å²) in [4.78, 5) is 6.98. The number of aliphatic hydroxyl groups is 1. The summed E-state index contributed by atoms with van der Waals surface area (Å²) in [6.45, 7) is 2.28. The molecule has 2 unspecified atom stereocenters. The Labute approximate surface area is 170 Å². The summed E-state index contributed by atoms with van der Waals surface area (Å²) < 4.78 is 1.96. The molecule has 5 heteroatoms. The molecule has 0 aliphatic carbocycles. The van der Waals surface area contributed by atoms with Crippen LogP contribution in [0.3, 0.4) is 0 Å². The number of hydrogen-bond donors (Lipinski definition) is 1. The molecule has 5 rings (SSSR count). The van der Waals surface area contributed by atoms with Gasteiger partial charge < -0.3 is 5.11 Å². The maximum absolute atomic E-state index is 11.2. The van der Waals surface area contributed by atoms with Crippen molar-refractivity contribution >= 4 is 56.1 Å². The number of pyridine rings is 1. The molecule has 24 heavy (non-hydrogen) atoms. The van der Waals surface area contributed by atoms with Crippen LogP contribution in [-0.2, 0) is 0 Å². The molecule has 128 valence electrons. The zero-order chi connectivity index (χ0) is 16.7. The van der Waals surface area contributed by atoms with Crippen molar-refractivity contribution in [2.24, 2.45) is 11.8 Å². The Hall–Kier alpha value is 0.0100. The Morgan fingerprint density at radius 3 is 2.88 bits per heavy atom. The molecule has 4 heterocycles. The first-order valence-electron chi connectivity index (χ1n) is 8.65. The summed E-state index contributed by atoms with van der Waals surface area (Å²) in [7, 11) is 0. The lowest BCUT2D eigenvalue weighted by Gasteiger charge is -2.52. The predicted molar refractivity (Wildman–Crippen MR) is 115 cm³/mol. The Morgan fingerprint density at radius 2 is 2.12 bits per heavy atom. The predicted octanol–water partition coefficient (Wildman–Crippen LogP) is 4.22. The maximum Gasteiger partial charge on any atom is 0.0952 e. The number of piperidine rings is 3. The van der Waals surface area contributed by atoms with Crippen LogP contribution in [0.4, 0.5) is 0 Å². The molecule has 3 aliphatic heterocycles. The zero-order valence-electron chi connectivity index (χ0n) is 13.5. The molecular formula is C19H22I2N2O. The van der Waals surface area contributed by atoms with Crippen molar-refractivity contribution in [3.05, 3.63) is 42.1 Å². The van der Waals surface area contributed by atoms with E-state index in [1.165, 1.54) is 10.8 Å². The first kappa shape index (κ1) is 17.4. The van der Waals surface area contributed by atoms with Gasteiger partial charge in [-0.05, 0) is 48.9 Å². The van der Waals surface area contributed by atoms with Crippen LogP contribution in [0.15, 0.2) is 36.5 Å². The Balaban J connectivity index is 1.61. The van der Waals surface area contributed by atoms with Crippen LogP contribution in [0.2, 0.25) is 0 Å². The van der Waals surface area contributed by atoms with Crippen molar-refractivity contribution in [1.29, 1.82) is 0 Å². The molecule has 0 saturated carbocycles. The highest BCUT2D eigenvalue weighted by Crippen LogP contribution is 2.44. The standard InChI is InChI=1S/C19H22I2N2O/c20-10-16(21)15-11-23-8-6-12(15)9-18(23)19(24)14-5-7-22-17-4-2-1-3-13(14)17/h1-5,7,12,15-16,18-19,24H,6,8-11H2/t12-,15-,16?,18-,19+/m0/s1. The van der Waals surface area contributed by atoms with Crippen molar-refractivity contribution in [2.45, 2.75) is 28.9 Å². The highest BCUT2D eigenvalue weighted by Gasteiger charge is 2.45. The van der Waals surface area contributed by atoms with Crippen molar-refractivity contribution in [1.82, 2.24) is 9.88 Å². The average molecular weight is 548 g/mol. The fourth-order valence-corrected chi connectivity index (χ4v) is 6.01. The van der Waals surface area contributed by atoms with Gasteiger partial charge in [0.05, 0.1) is 11.6 Å². The van der Waals surface area contributed by atoms with Gasteiger partial charge in [0.2, 0.25) is 0 Å². The molecule has 1 aromatic carbocycles. The summed E-state index contributed by atoms with van der Waals surface area (Å²) in [6, 6.07) is 10.4. The van der Waals surface area contributed by atoms with Crippen LogP contribution in [0.1, 0.15) is 24.5 Å². The van der Waals surface area contributed by atoms with Crippen molar-refractivity contribution < 1.29 is 5.11 Å². The lowest BCUT2D eigenvalue weighted by atomic mass is 9.72. The fraction of sp³-hybridized carbons (Fsp3) is 0.526. The van der Waals surface area contributed by atoms with Gasteiger partial charge in [0.1, 0.15) is 0 Å². The quantitative estimate of drug-likeness (QED) is 0.460. The van der Waals surface area contributed by atoms with Crippen LogP contribution in [0.5, 0.6) is 0 Å². The number of alkyl halides is 2. The van der Waals surface area contributed by atoms with Crippen molar-refractivity contribution in [3.63, 3.8) is 0 Å². The summed E-state index contributed by atoms with van der Waals surface area (Å²) in [5, 5.41) is 12.3. The molecule has 1 aromatic heterocycles. The number of nitrogens with zero attached hydrogens (tertiary/aromatic N) is 2. The van der Waals surface area contributed by atoms with Crippen LogP contribution < -0.4 is 0 Å². The molecule has 3 fully saturated rings. The molecule has 6 atom stereocenters. The topological polar surface area (TPSA) is 36.4 Å². The number of para-hydroxylation sites is 1. The monoisotopic (exact) mass is 548 g/mol. The number of benzene rings is 1. The van der Waals surface area contributed by atoms with Gasteiger partial charge in [-0.1, -0.05) is 63.4 Å². The number of aliphatic hydroxyl groups excluding tert-OH is 1. The molecule has 2 bridgehead atoms. The maximum atomic E-state index is 11.2. The molecule has 0 spiro atoms. The molecule has 1 N–H and O–H groups in total. The van der Waals surface area contributed by atoms with E-state index in [1.54, 1.807) is 0 Å². The van der Waals surface area contributed by atoms with E-state index in [0.29, 0.717) is 0 Å². The second kappa shape index (κ2) is 7.32. The van der Waals surface area contributed by atoms with Gasteiger partial charge in [-0.15, -0.1) is 0 Å². The van der Waals surface area contributed by atoms with Gasteiger partial charge in [-0.2, -0.15) is 0 Å². The van der Waals surface area contributed by atoms with Gasteiger partial charge in [-0.3, -0.25) is 9.88 Å². The average Bonchev–Trinajstić information content (AvgIpc) is 2.66. The Kier molecular flexibility index (Phi) is 5.32. The lowest BCUT2D eigenvalue weighted by molar-refractivity contribution is -0.0535. The molecule has 3 aliphatic rings. The van der Waals surface area contributed by atoms with E-state index in [2.05, 4.69) is 61.1 Å². The largest absolute Gasteiger partial charge is 0.387 e. The smallest absolute Gasteiger partial charge is 0.0952 e. The van der Waals surface area contributed by atoms with Gasteiger partial charge in [-0.25, -0.2) is 0 Å². The highest BCUT2D eigenvalue weighted by molar-refractivity contribution is 14.1. The summed E-state index contributed by atoms with van der Waals surface area (Å²) in [5.74, 6) is 1.55. The molecule has 0 amide bonds. The highest BCUT2D eigenvalue weighted by atomic mass is 127. The lowest BCUT2D eigenvalue weighted by Crippen LogP contribution is -2.57. The van der Waals surface area contributed by atoms with Crippen LogP contribution in [0.25, 0.3) is 10.9 Å². The number of fused-ring (bicyclic) bond motifs is 4. The van der Waals surface area contributed by atoms with Crippen molar-refractivity contribution in [3.8, 4) is 0 Å². The Morgan fingerprint density at radius 1 is 1.29 bits per heavy atom. The van der Waals surface area contributed by atoms with E-state index < -0.39 is 6.10 Å². The van der Waals surface area contributed by atoms with Crippen molar-refractivity contribution in [2.75, 3.05) is 17.5 Å². The zero-order valence-corrected chi connectivity index (χ0v) is 17.8. The number of halogens is 2. The molecule has 0 radical (unpaired) electrons. The molecular weight excluding hydrogens is 526 g/mol. The number of aromatic nitrogens is 1. The number of hydrogen-bond acceptors (Lipinski definition) is 3. The second-order valence-corrected chi connectivity index (χ2v) is 9.52. The SMILES string of the molecule is O[C@H](c1ccnc2ccccc12)[C@@H]1C[C@@H]2CCN1C[C@@H]2C(I)CI. The van der Waals surface area contributed by atoms with Gasteiger partial charge in [0.25, 0.3) is 0 Å². The van der Waals surface area contributed by atoms with E-state index in [-0.39, 0.29) is 6.04 Å². The summed E-state index contributed by atoms with van der Waals surface area (Å²) >= 11 is 5.14. The van der Waals surface area contributed by atoms with E-state index in [0.717, 1.165) is 51.7 Å². The molecule has 3 nitrogen and oxygen atoms in total. The van der Waals surface area contributed by atoms with Gasteiger partial charge in [0.15, 0.2) is 0 Å². The third-order valence-corrected chi connectivity index (χ3v) is 9.83. The second-order valence-electron chi connectivity index (χ2n) is 7.04. The van der Waals surface area contributed by atoms with E-state index in [9.17, 15) is 5.11 Å². The molecule has 3 saturated heterocycles. The minimum Gasteiger partial charge on any atom is -0.387 e. The van der Waals surface area contributed by atoms with Crippen LogP contribution in [0, 0.1) is 11.8 Å². The third kappa shape index (κ3) is 3.10. The van der Waals surface area contributed by atoms with Gasteiger partial charge in [0, 0.05) is 32.5 Å². The minimum absolute atomic E-state index is 0.253.